The van der Waals surface area contributed by atoms with E-state index in [9.17, 15) is 4.79 Å². The normalized spacial score (nSPS) is 14.5. The molecule has 0 saturated heterocycles. The Hall–Kier alpha value is -0.570. The summed E-state index contributed by atoms with van der Waals surface area (Å²) in [5, 5.41) is 9.10. The summed E-state index contributed by atoms with van der Waals surface area (Å²) in [5.74, 6) is -0.224. The average molecular weight is 230 g/mol. The van der Waals surface area contributed by atoms with Gasteiger partial charge in [-0.15, -0.1) is 0 Å². The van der Waals surface area contributed by atoms with Gasteiger partial charge in [0, 0.05) is 0 Å². The molecule has 0 aliphatic heterocycles. The van der Waals surface area contributed by atoms with Crippen LogP contribution in [0.25, 0.3) is 0 Å². The molecule has 3 heteroatoms. The van der Waals surface area contributed by atoms with Gasteiger partial charge in [-0.3, -0.25) is 4.79 Å². The van der Waals surface area contributed by atoms with Crippen LogP contribution in [0, 0.1) is 5.92 Å². The summed E-state index contributed by atoms with van der Waals surface area (Å²) in [6.07, 6.45) is 5.51. The van der Waals surface area contributed by atoms with Crippen LogP contribution in [-0.2, 0) is 9.53 Å². The van der Waals surface area contributed by atoms with Crippen molar-refractivity contribution in [3.63, 3.8) is 0 Å². The number of carbonyl (C=O) groups is 1. The molecule has 0 radical (unpaired) electrons. The summed E-state index contributed by atoms with van der Waals surface area (Å²) in [4.78, 5) is 11.5. The maximum Gasteiger partial charge on any atom is 0.308 e. The molecule has 0 fully saturated rings. The Bertz CT molecular complexity index is 178. The molecule has 3 nitrogen and oxygen atoms in total. The second-order valence-electron chi connectivity index (χ2n) is 4.56. The van der Waals surface area contributed by atoms with E-state index in [1.54, 1.807) is 6.92 Å². The number of esters is 1. The standard InChI is InChI=1S/C13H26O3/c1-4-5-6-7-10-16-13(15)11(2)8-9-12(3)14/h11-12,14H,4-10H2,1-3H3. The van der Waals surface area contributed by atoms with Gasteiger partial charge in [-0.05, 0) is 26.2 Å². The van der Waals surface area contributed by atoms with Crippen molar-refractivity contribution in [3.8, 4) is 0 Å². The Morgan fingerprint density at radius 2 is 1.88 bits per heavy atom. The molecule has 1 N–H and O–H groups in total. The molecule has 2 atom stereocenters. The fourth-order valence-electron chi connectivity index (χ4n) is 1.45. The van der Waals surface area contributed by atoms with Gasteiger partial charge in [0.05, 0.1) is 18.6 Å². The maximum atomic E-state index is 11.5. The average Bonchev–Trinajstić information content (AvgIpc) is 2.25. The molecular weight excluding hydrogens is 204 g/mol. The van der Waals surface area contributed by atoms with E-state index in [2.05, 4.69) is 6.92 Å². The van der Waals surface area contributed by atoms with Crippen LogP contribution in [-0.4, -0.2) is 23.8 Å². The SMILES string of the molecule is CCCCCCOC(=O)C(C)CCC(C)O. The highest BCUT2D eigenvalue weighted by molar-refractivity contribution is 5.71. The number of hydrogen-bond donors (Lipinski definition) is 1. The second kappa shape index (κ2) is 9.64. The highest BCUT2D eigenvalue weighted by Gasteiger charge is 2.14. The molecule has 0 aliphatic rings. The van der Waals surface area contributed by atoms with Gasteiger partial charge in [-0.2, -0.15) is 0 Å². The molecule has 96 valence electrons. The lowest BCUT2D eigenvalue weighted by Crippen LogP contribution is -2.17. The van der Waals surface area contributed by atoms with Crippen LogP contribution in [0.3, 0.4) is 0 Å². The summed E-state index contributed by atoms with van der Waals surface area (Å²) in [7, 11) is 0. The largest absolute Gasteiger partial charge is 0.465 e. The van der Waals surface area contributed by atoms with Crippen molar-refractivity contribution >= 4 is 5.97 Å². The van der Waals surface area contributed by atoms with E-state index in [0.717, 1.165) is 12.8 Å². The van der Waals surface area contributed by atoms with Gasteiger partial charge in [-0.1, -0.05) is 33.1 Å². The van der Waals surface area contributed by atoms with Crippen LogP contribution in [0.4, 0.5) is 0 Å². The smallest absolute Gasteiger partial charge is 0.308 e. The van der Waals surface area contributed by atoms with Gasteiger partial charge < -0.3 is 9.84 Å². The fourth-order valence-corrected chi connectivity index (χ4v) is 1.45. The zero-order chi connectivity index (χ0) is 12.4. The van der Waals surface area contributed by atoms with Crippen molar-refractivity contribution in [2.75, 3.05) is 6.61 Å². The van der Waals surface area contributed by atoms with Gasteiger partial charge in [0.15, 0.2) is 0 Å². The molecule has 0 amide bonds. The van der Waals surface area contributed by atoms with Crippen molar-refractivity contribution in [1.29, 1.82) is 0 Å². The van der Waals surface area contributed by atoms with E-state index >= 15 is 0 Å². The van der Waals surface area contributed by atoms with Crippen molar-refractivity contribution in [1.82, 2.24) is 0 Å². The van der Waals surface area contributed by atoms with Crippen LogP contribution in [0.1, 0.15) is 59.3 Å². The first-order valence-corrected chi connectivity index (χ1v) is 6.42. The lowest BCUT2D eigenvalue weighted by atomic mass is 10.0. The van der Waals surface area contributed by atoms with Crippen LogP contribution in [0.2, 0.25) is 0 Å². The summed E-state index contributed by atoms with van der Waals surface area (Å²) in [6, 6.07) is 0. The maximum absolute atomic E-state index is 11.5. The molecule has 0 aromatic carbocycles. The molecule has 0 heterocycles. The summed E-state index contributed by atoms with van der Waals surface area (Å²) in [5.41, 5.74) is 0. The third kappa shape index (κ3) is 8.72. The number of rotatable bonds is 9. The predicted molar refractivity (Wildman–Crippen MR) is 65.2 cm³/mol. The Kier molecular flexibility index (Phi) is 9.30. The number of ether oxygens (including phenoxy) is 1. The van der Waals surface area contributed by atoms with Crippen LogP contribution >= 0.6 is 0 Å². The first kappa shape index (κ1) is 15.4. The van der Waals surface area contributed by atoms with Gasteiger partial charge >= 0.3 is 5.97 Å². The summed E-state index contributed by atoms with van der Waals surface area (Å²) in [6.45, 7) is 6.29. The minimum atomic E-state index is -0.334. The van der Waals surface area contributed by atoms with Crippen molar-refractivity contribution in [2.45, 2.75) is 65.4 Å². The van der Waals surface area contributed by atoms with Crippen LogP contribution in [0.5, 0.6) is 0 Å². The number of hydrogen-bond acceptors (Lipinski definition) is 3. The Balaban J connectivity index is 3.47. The Labute approximate surface area is 99.2 Å². The molecule has 0 saturated carbocycles. The number of aliphatic hydroxyl groups excluding tert-OH is 1. The molecule has 0 aliphatic carbocycles. The topological polar surface area (TPSA) is 46.5 Å². The van der Waals surface area contributed by atoms with Crippen LogP contribution < -0.4 is 0 Å². The third-order valence-corrected chi connectivity index (χ3v) is 2.66. The lowest BCUT2D eigenvalue weighted by Gasteiger charge is -2.12. The molecule has 0 aromatic heterocycles. The van der Waals surface area contributed by atoms with E-state index in [0.29, 0.717) is 19.4 Å². The Morgan fingerprint density at radius 3 is 2.44 bits per heavy atom. The minimum absolute atomic E-state index is 0.0965. The van der Waals surface area contributed by atoms with E-state index < -0.39 is 0 Å². The van der Waals surface area contributed by atoms with Gasteiger partial charge in [0.2, 0.25) is 0 Å². The van der Waals surface area contributed by atoms with Crippen LogP contribution in [0.15, 0.2) is 0 Å². The van der Waals surface area contributed by atoms with Crippen molar-refractivity contribution in [3.05, 3.63) is 0 Å². The molecule has 0 bridgehead atoms. The minimum Gasteiger partial charge on any atom is -0.465 e. The van der Waals surface area contributed by atoms with E-state index in [1.165, 1.54) is 12.8 Å². The molecular formula is C13H26O3. The van der Waals surface area contributed by atoms with Crippen molar-refractivity contribution in [2.24, 2.45) is 5.92 Å². The monoisotopic (exact) mass is 230 g/mol. The van der Waals surface area contributed by atoms with E-state index in [-0.39, 0.29) is 18.0 Å². The number of carbonyl (C=O) groups excluding carboxylic acids is 1. The van der Waals surface area contributed by atoms with Gasteiger partial charge in [0.25, 0.3) is 0 Å². The van der Waals surface area contributed by atoms with E-state index in [1.807, 2.05) is 6.92 Å². The number of aliphatic hydroxyl groups is 1. The molecule has 2 unspecified atom stereocenters. The Morgan fingerprint density at radius 1 is 1.19 bits per heavy atom. The third-order valence-electron chi connectivity index (χ3n) is 2.66. The fraction of sp³-hybridized carbons (Fsp3) is 0.923. The molecule has 16 heavy (non-hydrogen) atoms. The number of unbranched alkanes of at least 4 members (excludes halogenated alkanes) is 3. The zero-order valence-electron chi connectivity index (χ0n) is 10.9. The second-order valence-corrected chi connectivity index (χ2v) is 4.56. The molecule has 0 rings (SSSR count). The summed E-state index contributed by atoms with van der Waals surface area (Å²) < 4.78 is 5.16. The first-order valence-electron chi connectivity index (χ1n) is 6.42. The molecule has 0 aromatic rings. The molecule has 0 spiro atoms. The summed E-state index contributed by atoms with van der Waals surface area (Å²) >= 11 is 0. The zero-order valence-corrected chi connectivity index (χ0v) is 10.9. The predicted octanol–water partition coefficient (Wildman–Crippen LogP) is 2.91. The quantitative estimate of drug-likeness (QED) is 0.489. The first-order chi connectivity index (χ1) is 7.57. The van der Waals surface area contributed by atoms with Gasteiger partial charge in [-0.25, -0.2) is 0 Å². The highest BCUT2D eigenvalue weighted by Crippen LogP contribution is 2.10. The van der Waals surface area contributed by atoms with Crippen molar-refractivity contribution < 1.29 is 14.6 Å². The highest BCUT2D eigenvalue weighted by atomic mass is 16.5. The van der Waals surface area contributed by atoms with E-state index in [4.69, 9.17) is 9.84 Å². The lowest BCUT2D eigenvalue weighted by molar-refractivity contribution is -0.148. The van der Waals surface area contributed by atoms with Gasteiger partial charge in [0.1, 0.15) is 0 Å².